The maximum absolute atomic E-state index is 13.2. The van der Waals surface area contributed by atoms with Crippen molar-refractivity contribution in [3.63, 3.8) is 0 Å². The SMILES string of the molecule is COc1ccc(N2C(=O)c3ccccc3N[C@H]2c2ccc(C)o2)cc1. The van der Waals surface area contributed by atoms with E-state index in [1.165, 1.54) is 0 Å². The van der Waals surface area contributed by atoms with E-state index >= 15 is 0 Å². The zero-order valence-electron chi connectivity index (χ0n) is 14.0. The standard InChI is InChI=1S/C20H18N2O3/c1-13-7-12-18(25-13)19-21-17-6-4-3-5-16(17)20(23)22(19)14-8-10-15(24-2)11-9-14/h3-12,19,21H,1-2H3/t19-/m1/s1. The quantitative estimate of drug-likeness (QED) is 0.773. The van der Waals surface area contributed by atoms with Crippen LogP contribution in [-0.2, 0) is 0 Å². The number of benzene rings is 2. The maximum Gasteiger partial charge on any atom is 0.262 e. The Hall–Kier alpha value is -3.21. The van der Waals surface area contributed by atoms with E-state index in [9.17, 15) is 4.79 Å². The Morgan fingerprint density at radius 1 is 1.04 bits per heavy atom. The van der Waals surface area contributed by atoms with Crippen LogP contribution >= 0.6 is 0 Å². The predicted molar refractivity (Wildman–Crippen MR) is 96.1 cm³/mol. The Labute approximate surface area is 145 Å². The molecule has 0 aliphatic carbocycles. The number of furan rings is 1. The van der Waals surface area contributed by atoms with Gasteiger partial charge in [-0.3, -0.25) is 9.69 Å². The van der Waals surface area contributed by atoms with Gasteiger partial charge >= 0.3 is 0 Å². The number of ether oxygens (including phenoxy) is 1. The molecule has 0 saturated heterocycles. The number of carbonyl (C=O) groups excluding carboxylic acids is 1. The molecule has 0 spiro atoms. The van der Waals surface area contributed by atoms with Crippen molar-refractivity contribution in [2.24, 2.45) is 0 Å². The van der Waals surface area contributed by atoms with Crippen molar-refractivity contribution in [1.29, 1.82) is 0 Å². The van der Waals surface area contributed by atoms with E-state index in [4.69, 9.17) is 9.15 Å². The van der Waals surface area contributed by atoms with Crippen molar-refractivity contribution >= 4 is 17.3 Å². The van der Waals surface area contributed by atoms with Crippen LogP contribution in [0.4, 0.5) is 11.4 Å². The van der Waals surface area contributed by atoms with E-state index < -0.39 is 6.17 Å². The monoisotopic (exact) mass is 334 g/mol. The van der Waals surface area contributed by atoms with E-state index in [2.05, 4.69) is 5.32 Å². The second-order valence-electron chi connectivity index (χ2n) is 5.91. The van der Waals surface area contributed by atoms with Crippen molar-refractivity contribution in [3.8, 4) is 5.75 Å². The average molecular weight is 334 g/mol. The molecule has 0 bridgehead atoms. The molecule has 5 nitrogen and oxygen atoms in total. The number of para-hydroxylation sites is 1. The lowest BCUT2D eigenvalue weighted by atomic mass is 10.1. The Morgan fingerprint density at radius 2 is 1.80 bits per heavy atom. The predicted octanol–water partition coefficient (Wildman–Crippen LogP) is 4.37. The Bertz CT molecular complexity index is 915. The van der Waals surface area contributed by atoms with Crippen molar-refractivity contribution in [1.82, 2.24) is 0 Å². The summed E-state index contributed by atoms with van der Waals surface area (Å²) in [6.45, 7) is 1.89. The van der Waals surface area contributed by atoms with Gasteiger partial charge in [0.05, 0.1) is 12.7 Å². The lowest BCUT2D eigenvalue weighted by Gasteiger charge is -2.36. The molecule has 1 aromatic heterocycles. The fraction of sp³-hybridized carbons (Fsp3) is 0.150. The third-order valence-electron chi connectivity index (χ3n) is 4.31. The number of nitrogens with zero attached hydrogens (tertiary/aromatic N) is 1. The van der Waals surface area contributed by atoms with Gasteiger partial charge in [0, 0.05) is 11.4 Å². The summed E-state index contributed by atoms with van der Waals surface area (Å²) >= 11 is 0. The largest absolute Gasteiger partial charge is 0.497 e. The number of fused-ring (bicyclic) bond motifs is 1. The molecule has 1 atom stereocenters. The van der Waals surface area contributed by atoms with Crippen LogP contribution in [0.25, 0.3) is 0 Å². The fourth-order valence-electron chi connectivity index (χ4n) is 3.06. The molecule has 3 aromatic rings. The Kier molecular flexibility index (Phi) is 3.69. The Morgan fingerprint density at radius 3 is 2.48 bits per heavy atom. The molecule has 25 heavy (non-hydrogen) atoms. The van der Waals surface area contributed by atoms with Gasteiger partial charge in [-0.15, -0.1) is 0 Å². The molecule has 4 rings (SSSR count). The maximum atomic E-state index is 13.2. The van der Waals surface area contributed by atoms with Crippen LogP contribution < -0.4 is 15.0 Å². The first-order valence-corrected chi connectivity index (χ1v) is 8.07. The summed E-state index contributed by atoms with van der Waals surface area (Å²) in [6, 6.07) is 18.7. The summed E-state index contributed by atoms with van der Waals surface area (Å²) in [5, 5.41) is 3.41. The zero-order valence-corrected chi connectivity index (χ0v) is 14.0. The number of carbonyl (C=O) groups is 1. The van der Waals surface area contributed by atoms with Gasteiger partial charge in [0.2, 0.25) is 0 Å². The van der Waals surface area contributed by atoms with Crippen LogP contribution in [0.15, 0.2) is 65.1 Å². The zero-order chi connectivity index (χ0) is 17.4. The van der Waals surface area contributed by atoms with Crippen molar-refractivity contribution < 1.29 is 13.9 Å². The number of hydrogen-bond acceptors (Lipinski definition) is 4. The number of aryl methyl sites for hydroxylation is 1. The molecule has 0 unspecified atom stereocenters. The number of amides is 1. The van der Waals surface area contributed by atoms with E-state index in [1.807, 2.05) is 67.6 Å². The first-order chi connectivity index (χ1) is 12.2. The van der Waals surface area contributed by atoms with Gasteiger partial charge in [-0.1, -0.05) is 12.1 Å². The molecule has 5 heteroatoms. The third kappa shape index (κ3) is 2.63. The summed E-state index contributed by atoms with van der Waals surface area (Å²) in [6.07, 6.45) is -0.413. The second-order valence-corrected chi connectivity index (χ2v) is 5.91. The highest BCUT2D eigenvalue weighted by molar-refractivity contribution is 6.12. The number of rotatable bonds is 3. The van der Waals surface area contributed by atoms with Gasteiger partial charge in [0.25, 0.3) is 5.91 Å². The van der Waals surface area contributed by atoms with Crippen molar-refractivity contribution in [2.75, 3.05) is 17.3 Å². The van der Waals surface area contributed by atoms with E-state index in [0.29, 0.717) is 11.3 Å². The summed E-state index contributed by atoms with van der Waals surface area (Å²) < 4.78 is 11.0. The number of anilines is 2. The molecule has 2 aromatic carbocycles. The van der Waals surface area contributed by atoms with Gasteiger partial charge in [-0.25, -0.2) is 0 Å². The van der Waals surface area contributed by atoms with Gasteiger partial charge < -0.3 is 14.5 Å². The molecular formula is C20H18N2O3. The lowest BCUT2D eigenvalue weighted by Crippen LogP contribution is -2.43. The summed E-state index contributed by atoms with van der Waals surface area (Å²) in [5.41, 5.74) is 2.21. The molecule has 0 radical (unpaired) electrons. The highest BCUT2D eigenvalue weighted by Crippen LogP contribution is 2.37. The molecule has 0 saturated carbocycles. The van der Waals surface area contributed by atoms with E-state index in [0.717, 1.165) is 22.9 Å². The molecule has 0 fully saturated rings. The Balaban J connectivity index is 1.82. The summed E-state index contributed by atoms with van der Waals surface area (Å²) in [7, 11) is 1.62. The molecule has 1 aliphatic heterocycles. The van der Waals surface area contributed by atoms with E-state index in [-0.39, 0.29) is 5.91 Å². The number of nitrogens with one attached hydrogen (secondary N) is 1. The van der Waals surface area contributed by atoms with Gasteiger partial charge in [-0.05, 0) is 55.5 Å². The molecule has 1 N–H and O–H groups in total. The van der Waals surface area contributed by atoms with Crippen LogP contribution in [0.2, 0.25) is 0 Å². The topological polar surface area (TPSA) is 54.7 Å². The highest BCUT2D eigenvalue weighted by Gasteiger charge is 2.35. The van der Waals surface area contributed by atoms with Crippen LogP contribution in [-0.4, -0.2) is 13.0 Å². The number of methoxy groups -OCH3 is 1. The summed E-state index contributed by atoms with van der Waals surface area (Å²) in [4.78, 5) is 14.9. The average Bonchev–Trinajstić information content (AvgIpc) is 3.08. The minimum atomic E-state index is -0.413. The van der Waals surface area contributed by atoms with Crippen LogP contribution in [0, 0.1) is 6.92 Å². The highest BCUT2D eigenvalue weighted by atomic mass is 16.5. The molecule has 1 amide bonds. The van der Waals surface area contributed by atoms with Gasteiger partial charge in [0.1, 0.15) is 17.3 Å². The normalized spacial score (nSPS) is 16.3. The smallest absolute Gasteiger partial charge is 0.262 e. The minimum Gasteiger partial charge on any atom is -0.497 e. The summed E-state index contributed by atoms with van der Waals surface area (Å²) in [5.74, 6) is 2.17. The molecule has 2 heterocycles. The molecule has 126 valence electrons. The van der Waals surface area contributed by atoms with Gasteiger partial charge in [0.15, 0.2) is 6.17 Å². The molecular weight excluding hydrogens is 316 g/mol. The fourth-order valence-corrected chi connectivity index (χ4v) is 3.06. The lowest BCUT2D eigenvalue weighted by molar-refractivity contribution is 0.0971. The minimum absolute atomic E-state index is 0.0708. The first-order valence-electron chi connectivity index (χ1n) is 8.07. The second kappa shape index (κ2) is 6.02. The first kappa shape index (κ1) is 15.3. The van der Waals surface area contributed by atoms with Crippen LogP contribution in [0.1, 0.15) is 28.0 Å². The van der Waals surface area contributed by atoms with Crippen molar-refractivity contribution in [2.45, 2.75) is 13.1 Å². The van der Waals surface area contributed by atoms with E-state index in [1.54, 1.807) is 12.0 Å². The third-order valence-corrected chi connectivity index (χ3v) is 4.31. The van der Waals surface area contributed by atoms with Crippen molar-refractivity contribution in [3.05, 3.63) is 77.7 Å². The van der Waals surface area contributed by atoms with Crippen LogP contribution in [0.5, 0.6) is 5.75 Å². The van der Waals surface area contributed by atoms with Crippen LogP contribution in [0.3, 0.4) is 0 Å². The number of hydrogen-bond donors (Lipinski definition) is 1. The molecule has 1 aliphatic rings. The van der Waals surface area contributed by atoms with Gasteiger partial charge in [-0.2, -0.15) is 0 Å².